The second-order valence-electron chi connectivity index (χ2n) is 4.27. The minimum Gasteiger partial charge on any atom is -0.395 e. The summed E-state index contributed by atoms with van der Waals surface area (Å²) in [5, 5.41) is 9.46. The summed E-state index contributed by atoms with van der Waals surface area (Å²) < 4.78 is 25.0. The first kappa shape index (κ1) is 17.3. The van der Waals surface area contributed by atoms with Crippen LogP contribution in [0.1, 0.15) is 17.3 Å². The standard InChI is InChI=1S/C13H15Cl2F2NO2/c1-8(18(4-5-19)7-12(16)17)13(20)10-3-2-9(14)6-11(10)15/h2-3,6,8,12,19H,4-5,7H2,1H3. The van der Waals surface area contributed by atoms with E-state index in [1.807, 2.05) is 0 Å². The van der Waals surface area contributed by atoms with Crippen LogP contribution in [0.25, 0.3) is 0 Å². The summed E-state index contributed by atoms with van der Waals surface area (Å²) in [5.74, 6) is -0.388. The number of aliphatic hydroxyl groups is 1. The SMILES string of the molecule is CC(C(=O)c1ccc(Cl)cc1Cl)N(CCO)CC(F)F. The Morgan fingerprint density at radius 1 is 1.40 bits per heavy atom. The van der Waals surface area contributed by atoms with Gasteiger partial charge in [0.05, 0.1) is 24.2 Å². The van der Waals surface area contributed by atoms with Gasteiger partial charge in [-0.15, -0.1) is 0 Å². The van der Waals surface area contributed by atoms with Crippen LogP contribution < -0.4 is 0 Å². The number of ketones is 1. The van der Waals surface area contributed by atoms with Gasteiger partial charge in [-0.1, -0.05) is 23.2 Å². The molecular formula is C13H15Cl2F2NO2. The minimum atomic E-state index is -2.59. The summed E-state index contributed by atoms with van der Waals surface area (Å²) in [6, 6.07) is 3.58. The molecule has 0 heterocycles. The molecule has 0 aromatic heterocycles. The van der Waals surface area contributed by atoms with Crippen LogP contribution in [0.3, 0.4) is 0 Å². The van der Waals surface area contributed by atoms with E-state index in [-0.39, 0.29) is 29.5 Å². The molecule has 0 radical (unpaired) electrons. The number of carbonyl (C=O) groups is 1. The first-order valence-corrected chi connectivity index (χ1v) is 6.74. The van der Waals surface area contributed by atoms with Crippen LogP contribution in [0.5, 0.6) is 0 Å². The van der Waals surface area contributed by atoms with Crippen LogP contribution in [0.15, 0.2) is 18.2 Å². The number of hydrogen-bond acceptors (Lipinski definition) is 3. The smallest absolute Gasteiger partial charge is 0.251 e. The lowest BCUT2D eigenvalue weighted by Gasteiger charge is -2.27. The van der Waals surface area contributed by atoms with Crippen LogP contribution in [0, 0.1) is 0 Å². The molecule has 1 aromatic rings. The molecule has 0 aliphatic heterocycles. The second kappa shape index (κ2) is 7.88. The van der Waals surface area contributed by atoms with Crippen molar-refractivity contribution in [1.82, 2.24) is 4.90 Å². The van der Waals surface area contributed by atoms with Gasteiger partial charge in [-0.3, -0.25) is 9.69 Å². The van der Waals surface area contributed by atoms with Gasteiger partial charge >= 0.3 is 0 Å². The number of hydrogen-bond donors (Lipinski definition) is 1. The predicted molar refractivity (Wildman–Crippen MR) is 74.9 cm³/mol. The van der Waals surface area contributed by atoms with Crippen molar-refractivity contribution in [2.45, 2.75) is 19.4 Å². The Balaban J connectivity index is 2.92. The fourth-order valence-corrected chi connectivity index (χ4v) is 2.33. The zero-order chi connectivity index (χ0) is 15.3. The van der Waals surface area contributed by atoms with Gasteiger partial charge in [0.2, 0.25) is 0 Å². The molecule has 0 bridgehead atoms. The molecule has 0 aliphatic carbocycles. The molecule has 7 heteroatoms. The molecule has 112 valence electrons. The molecule has 1 N–H and O–H groups in total. The van der Waals surface area contributed by atoms with Crippen LogP contribution in [-0.4, -0.2) is 48.0 Å². The van der Waals surface area contributed by atoms with E-state index in [1.165, 1.54) is 30.0 Å². The van der Waals surface area contributed by atoms with Gasteiger partial charge in [-0.05, 0) is 25.1 Å². The van der Waals surface area contributed by atoms with Gasteiger partial charge in [0.1, 0.15) is 0 Å². The third-order valence-corrected chi connectivity index (χ3v) is 3.43. The molecule has 1 atom stereocenters. The van der Waals surface area contributed by atoms with E-state index < -0.39 is 19.0 Å². The number of alkyl halides is 2. The number of benzene rings is 1. The van der Waals surface area contributed by atoms with Gasteiger partial charge in [0.15, 0.2) is 5.78 Å². The summed E-state index contributed by atoms with van der Waals surface area (Å²) in [5.41, 5.74) is 0.223. The highest BCUT2D eigenvalue weighted by Crippen LogP contribution is 2.23. The quantitative estimate of drug-likeness (QED) is 0.783. The monoisotopic (exact) mass is 325 g/mol. The normalized spacial score (nSPS) is 13.0. The Hall–Kier alpha value is -0.750. The predicted octanol–water partition coefficient (Wildman–Crippen LogP) is 3.12. The Morgan fingerprint density at radius 3 is 2.55 bits per heavy atom. The lowest BCUT2D eigenvalue weighted by Crippen LogP contribution is -2.43. The zero-order valence-electron chi connectivity index (χ0n) is 10.8. The van der Waals surface area contributed by atoms with Crippen molar-refractivity contribution >= 4 is 29.0 Å². The van der Waals surface area contributed by atoms with E-state index in [0.717, 1.165) is 0 Å². The Morgan fingerprint density at radius 2 is 2.05 bits per heavy atom. The summed E-state index contributed by atoms with van der Waals surface area (Å²) in [7, 11) is 0. The fraction of sp³-hybridized carbons (Fsp3) is 0.462. The highest BCUT2D eigenvalue weighted by atomic mass is 35.5. The van der Waals surface area contributed by atoms with Crippen molar-refractivity contribution in [1.29, 1.82) is 0 Å². The van der Waals surface area contributed by atoms with E-state index in [1.54, 1.807) is 0 Å². The molecule has 0 saturated carbocycles. The van der Waals surface area contributed by atoms with Gasteiger partial charge < -0.3 is 5.11 Å². The minimum absolute atomic E-state index is 0.0115. The average Bonchev–Trinajstić information content (AvgIpc) is 2.36. The lowest BCUT2D eigenvalue weighted by atomic mass is 10.0. The van der Waals surface area contributed by atoms with Crippen molar-refractivity contribution in [3.8, 4) is 0 Å². The van der Waals surface area contributed by atoms with Crippen molar-refractivity contribution in [3.63, 3.8) is 0 Å². The molecule has 0 saturated heterocycles. The maximum Gasteiger partial charge on any atom is 0.251 e. The maximum absolute atomic E-state index is 12.5. The molecule has 1 rings (SSSR count). The topological polar surface area (TPSA) is 40.5 Å². The molecule has 0 spiro atoms. The molecule has 1 aromatic carbocycles. The number of rotatable bonds is 7. The largest absolute Gasteiger partial charge is 0.395 e. The van der Waals surface area contributed by atoms with Gasteiger partial charge in [0.25, 0.3) is 6.43 Å². The van der Waals surface area contributed by atoms with Crippen LogP contribution in [0.2, 0.25) is 10.0 Å². The van der Waals surface area contributed by atoms with Gasteiger partial charge in [0, 0.05) is 17.1 Å². The Kier molecular flexibility index (Phi) is 6.82. The average molecular weight is 326 g/mol. The van der Waals surface area contributed by atoms with E-state index in [0.29, 0.717) is 5.02 Å². The molecular weight excluding hydrogens is 311 g/mol. The number of carbonyl (C=O) groups excluding carboxylic acids is 1. The van der Waals surface area contributed by atoms with Crippen molar-refractivity contribution in [2.75, 3.05) is 19.7 Å². The van der Waals surface area contributed by atoms with Gasteiger partial charge in [-0.25, -0.2) is 8.78 Å². The fourth-order valence-electron chi connectivity index (χ4n) is 1.83. The number of aliphatic hydroxyl groups excluding tert-OH is 1. The van der Waals surface area contributed by atoms with Crippen LogP contribution in [-0.2, 0) is 0 Å². The number of Topliss-reactive ketones (excluding diaryl/α,β-unsaturated/α-hetero) is 1. The summed E-state index contributed by atoms with van der Waals surface area (Å²) in [6.45, 7) is 0.602. The third-order valence-electron chi connectivity index (χ3n) is 2.88. The molecule has 1 unspecified atom stereocenters. The van der Waals surface area contributed by atoms with Crippen LogP contribution in [0.4, 0.5) is 8.78 Å². The number of nitrogens with zero attached hydrogens (tertiary/aromatic N) is 1. The molecule has 20 heavy (non-hydrogen) atoms. The van der Waals surface area contributed by atoms with E-state index in [4.69, 9.17) is 28.3 Å². The van der Waals surface area contributed by atoms with E-state index >= 15 is 0 Å². The van der Waals surface area contributed by atoms with Crippen LogP contribution >= 0.6 is 23.2 Å². The summed E-state index contributed by atoms with van der Waals surface area (Å²) in [4.78, 5) is 13.5. The first-order valence-electron chi connectivity index (χ1n) is 5.99. The van der Waals surface area contributed by atoms with Gasteiger partial charge in [-0.2, -0.15) is 0 Å². The highest BCUT2D eigenvalue weighted by Gasteiger charge is 2.25. The molecule has 0 fully saturated rings. The first-order chi connectivity index (χ1) is 9.36. The maximum atomic E-state index is 12.5. The molecule has 3 nitrogen and oxygen atoms in total. The summed E-state index contributed by atoms with van der Waals surface area (Å²) in [6.07, 6.45) is -2.59. The van der Waals surface area contributed by atoms with Crippen molar-refractivity contribution in [3.05, 3.63) is 33.8 Å². The Bertz CT molecular complexity index is 472. The highest BCUT2D eigenvalue weighted by molar-refractivity contribution is 6.37. The zero-order valence-corrected chi connectivity index (χ0v) is 12.3. The van der Waals surface area contributed by atoms with E-state index in [9.17, 15) is 13.6 Å². The summed E-state index contributed by atoms with van der Waals surface area (Å²) >= 11 is 11.7. The third kappa shape index (κ3) is 4.66. The van der Waals surface area contributed by atoms with Crippen molar-refractivity contribution in [2.24, 2.45) is 0 Å². The van der Waals surface area contributed by atoms with Crippen molar-refractivity contribution < 1.29 is 18.7 Å². The number of halogens is 4. The lowest BCUT2D eigenvalue weighted by molar-refractivity contribution is 0.0515. The Labute approximate surface area is 126 Å². The molecule has 0 aliphatic rings. The van der Waals surface area contributed by atoms with E-state index in [2.05, 4.69) is 0 Å². The molecule has 0 amide bonds. The second-order valence-corrected chi connectivity index (χ2v) is 5.12.